The van der Waals surface area contributed by atoms with Gasteiger partial charge in [0.2, 0.25) is 4.96 Å². The molecule has 180 valence electrons. The first-order valence-corrected chi connectivity index (χ1v) is 11.9. The largest absolute Gasteiger partial charge is 0.493 e. The summed E-state index contributed by atoms with van der Waals surface area (Å²) in [4.78, 5) is 34.0. The molecule has 11 heteroatoms. The number of thiazole rings is 1. The van der Waals surface area contributed by atoms with E-state index >= 15 is 0 Å². The number of benzene rings is 2. The molecule has 0 unspecified atom stereocenters. The number of rotatable bonds is 7. The van der Waals surface area contributed by atoms with Crippen LogP contribution in [0.3, 0.4) is 0 Å². The number of hydrogen-bond donors (Lipinski definition) is 1. The van der Waals surface area contributed by atoms with Crippen molar-refractivity contribution in [2.75, 3.05) is 19.0 Å². The standard InChI is InChI=1S/C25H18ClN5O4S/c1-34-20-12-15(2-7-19(20)35-14-22(32)28-18-5-3-17(26)4-6-18)13-21-24(33)31-25(36-21)29-23(30-31)16-8-10-27-11-9-16/h2-13H,14H2,1H3,(H,28,32)/b21-13-. The number of methoxy groups -OCH3 is 1. The number of carbonyl (C=O) groups excluding carboxylic acids is 1. The maximum atomic E-state index is 12.9. The molecule has 0 atom stereocenters. The average Bonchev–Trinajstić information content (AvgIpc) is 3.44. The van der Waals surface area contributed by atoms with Crippen molar-refractivity contribution in [3.8, 4) is 22.9 Å². The summed E-state index contributed by atoms with van der Waals surface area (Å²) in [7, 11) is 1.50. The lowest BCUT2D eigenvalue weighted by molar-refractivity contribution is -0.118. The summed E-state index contributed by atoms with van der Waals surface area (Å²) in [5, 5.41) is 7.65. The number of anilines is 1. The summed E-state index contributed by atoms with van der Waals surface area (Å²) in [6, 6.07) is 15.5. The van der Waals surface area contributed by atoms with Crippen LogP contribution < -0.4 is 24.9 Å². The molecule has 9 nitrogen and oxygen atoms in total. The van der Waals surface area contributed by atoms with Crippen LogP contribution in [-0.2, 0) is 4.79 Å². The Bertz CT molecular complexity index is 1650. The number of nitrogens with zero attached hydrogens (tertiary/aromatic N) is 4. The highest BCUT2D eigenvalue weighted by Crippen LogP contribution is 2.28. The Morgan fingerprint density at radius 3 is 2.61 bits per heavy atom. The number of pyridine rings is 1. The lowest BCUT2D eigenvalue weighted by Gasteiger charge is -2.11. The van der Waals surface area contributed by atoms with Crippen molar-refractivity contribution in [1.82, 2.24) is 19.6 Å². The number of ether oxygens (including phenoxy) is 2. The quantitative estimate of drug-likeness (QED) is 0.351. The van der Waals surface area contributed by atoms with Gasteiger partial charge in [-0.15, -0.1) is 5.10 Å². The normalized spacial score (nSPS) is 11.6. The molecule has 36 heavy (non-hydrogen) atoms. The number of carbonyl (C=O) groups is 1. The molecular weight excluding hydrogens is 502 g/mol. The van der Waals surface area contributed by atoms with Crippen LogP contribution in [0.15, 0.2) is 71.8 Å². The summed E-state index contributed by atoms with van der Waals surface area (Å²) >= 11 is 7.10. The molecular formula is C25H18ClN5O4S. The van der Waals surface area contributed by atoms with E-state index in [1.165, 1.54) is 23.0 Å². The van der Waals surface area contributed by atoms with Gasteiger partial charge in [-0.25, -0.2) is 0 Å². The van der Waals surface area contributed by atoms with Crippen molar-refractivity contribution < 1.29 is 14.3 Å². The summed E-state index contributed by atoms with van der Waals surface area (Å²) in [5.74, 6) is 0.963. The van der Waals surface area contributed by atoms with E-state index in [9.17, 15) is 9.59 Å². The number of amides is 1. The maximum absolute atomic E-state index is 12.9. The van der Waals surface area contributed by atoms with Gasteiger partial charge in [0.25, 0.3) is 11.5 Å². The van der Waals surface area contributed by atoms with Crippen LogP contribution in [0.2, 0.25) is 5.02 Å². The predicted molar refractivity (Wildman–Crippen MR) is 138 cm³/mol. The van der Waals surface area contributed by atoms with E-state index in [-0.39, 0.29) is 18.1 Å². The fourth-order valence-corrected chi connectivity index (χ4v) is 4.41. The van der Waals surface area contributed by atoms with Gasteiger partial charge < -0.3 is 14.8 Å². The lowest BCUT2D eigenvalue weighted by Crippen LogP contribution is -2.23. The van der Waals surface area contributed by atoms with Crippen LogP contribution in [0.4, 0.5) is 5.69 Å². The molecule has 0 aliphatic heterocycles. The predicted octanol–water partition coefficient (Wildman–Crippen LogP) is 3.44. The molecule has 5 rings (SSSR count). The van der Waals surface area contributed by atoms with Gasteiger partial charge in [0.05, 0.1) is 11.6 Å². The van der Waals surface area contributed by atoms with Crippen molar-refractivity contribution in [3.05, 3.63) is 92.5 Å². The zero-order valence-corrected chi connectivity index (χ0v) is 20.4. The zero-order valence-electron chi connectivity index (χ0n) is 18.8. The number of fused-ring (bicyclic) bond motifs is 1. The van der Waals surface area contributed by atoms with Crippen molar-refractivity contribution in [3.63, 3.8) is 0 Å². The highest BCUT2D eigenvalue weighted by molar-refractivity contribution is 7.15. The number of halogens is 1. The van der Waals surface area contributed by atoms with Gasteiger partial charge in [-0.1, -0.05) is 29.0 Å². The van der Waals surface area contributed by atoms with Crippen molar-refractivity contribution >= 4 is 45.6 Å². The second kappa shape index (κ2) is 10.1. The molecule has 0 saturated heterocycles. The zero-order chi connectivity index (χ0) is 25.1. The smallest absolute Gasteiger partial charge is 0.291 e. The third-order valence-corrected chi connectivity index (χ3v) is 6.30. The van der Waals surface area contributed by atoms with E-state index in [0.29, 0.717) is 37.5 Å². The van der Waals surface area contributed by atoms with Gasteiger partial charge in [0.1, 0.15) is 0 Å². The first-order chi connectivity index (χ1) is 17.5. The van der Waals surface area contributed by atoms with Crippen LogP contribution in [0.1, 0.15) is 5.56 Å². The van der Waals surface area contributed by atoms with Gasteiger partial charge in [0.15, 0.2) is 23.9 Å². The molecule has 0 radical (unpaired) electrons. The van der Waals surface area contributed by atoms with E-state index in [1.807, 2.05) is 0 Å². The minimum Gasteiger partial charge on any atom is -0.493 e. The highest BCUT2D eigenvalue weighted by Gasteiger charge is 2.13. The van der Waals surface area contributed by atoms with E-state index in [1.54, 1.807) is 73.1 Å². The molecule has 5 aromatic rings. The summed E-state index contributed by atoms with van der Waals surface area (Å²) < 4.78 is 12.8. The molecule has 3 heterocycles. The minimum atomic E-state index is -0.327. The Labute approximate surface area is 213 Å². The topological polar surface area (TPSA) is 108 Å². The maximum Gasteiger partial charge on any atom is 0.291 e. The van der Waals surface area contributed by atoms with Crippen LogP contribution >= 0.6 is 22.9 Å². The molecule has 0 bridgehead atoms. The van der Waals surface area contributed by atoms with Crippen LogP contribution in [0, 0.1) is 0 Å². The van der Waals surface area contributed by atoms with E-state index in [2.05, 4.69) is 20.4 Å². The van der Waals surface area contributed by atoms with Gasteiger partial charge in [-0.2, -0.15) is 9.50 Å². The summed E-state index contributed by atoms with van der Waals surface area (Å²) in [6.45, 7) is -0.208. The Balaban J connectivity index is 1.32. The number of aromatic nitrogens is 4. The Morgan fingerprint density at radius 2 is 1.89 bits per heavy atom. The SMILES string of the molecule is COc1cc(/C=c2\sc3nc(-c4ccncc4)nn3c2=O)ccc1OCC(=O)Nc1ccc(Cl)cc1. The van der Waals surface area contributed by atoms with Crippen LogP contribution in [-0.4, -0.2) is 39.2 Å². The molecule has 0 aliphatic rings. The highest BCUT2D eigenvalue weighted by atomic mass is 35.5. The van der Waals surface area contributed by atoms with E-state index < -0.39 is 0 Å². The van der Waals surface area contributed by atoms with Crippen molar-refractivity contribution in [1.29, 1.82) is 0 Å². The fourth-order valence-electron chi connectivity index (χ4n) is 3.38. The fraction of sp³-hybridized carbons (Fsp3) is 0.0800. The second-order valence-corrected chi connectivity index (χ2v) is 8.98. The number of nitrogens with one attached hydrogen (secondary N) is 1. The number of hydrogen-bond acceptors (Lipinski definition) is 8. The van der Waals surface area contributed by atoms with Crippen molar-refractivity contribution in [2.24, 2.45) is 0 Å². The summed E-state index contributed by atoms with van der Waals surface area (Å²) in [5.41, 5.74) is 1.86. The first-order valence-electron chi connectivity index (χ1n) is 10.7. The molecule has 0 spiro atoms. The monoisotopic (exact) mass is 519 g/mol. The molecule has 0 saturated carbocycles. The van der Waals surface area contributed by atoms with Crippen molar-refractivity contribution in [2.45, 2.75) is 0 Å². The molecule has 3 aromatic heterocycles. The van der Waals surface area contributed by atoms with E-state index in [4.69, 9.17) is 21.1 Å². The minimum absolute atomic E-state index is 0.208. The van der Waals surface area contributed by atoms with Gasteiger partial charge in [-0.05, 0) is 60.2 Å². The summed E-state index contributed by atoms with van der Waals surface area (Å²) in [6.07, 6.45) is 5.03. The Kier molecular flexibility index (Phi) is 6.61. The molecule has 0 aliphatic carbocycles. The third-order valence-electron chi connectivity index (χ3n) is 5.09. The Hall–Kier alpha value is -4.28. The molecule has 1 N–H and O–H groups in total. The molecule has 1 amide bonds. The third kappa shape index (κ3) is 5.04. The van der Waals surface area contributed by atoms with E-state index in [0.717, 1.165) is 11.1 Å². The molecule has 0 fully saturated rings. The molecule has 2 aromatic carbocycles. The van der Waals surface area contributed by atoms with Gasteiger partial charge in [-0.3, -0.25) is 14.6 Å². The van der Waals surface area contributed by atoms with Gasteiger partial charge in [0, 0.05) is 28.7 Å². The van der Waals surface area contributed by atoms with Crippen LogP contribution in [0.5, 0.6) is 11.5 Å². The second-order valence-electron chi connectivity index (χ2n) is 7.54. The lowest BCUT2D eigenvalue weighted by atomic mass is 10.2. The average molecular weight is 520 g/mol. The van der Waals surface area contributed by atoms with Crippen LogP contribution in [0.25, 0.3) is 22.4 Å². The first kappa shape index (κ1) is 23.5. The Morgan fingerprint density at radius 1 is 1.11 bits per heavy atom. The van der Waals surface area contributed by atoms with Gasteiger partial charge >= 0.3 is 0 Å².